The lowest BCUT2D eigenvalue weighted by atomic mass is 10.1. The number of carbonyl (C=O) groups is 2. The number of hydrogen-bond donors (Lipinski definition) is 2. The first kappa shape index (κ1) is 19.2. The topological polar surface area (TPSA) is 85.2 Å². The fraction of sp³-hybridized carbons (Fsp3) is 0.190. The molecule has 1 aromatic heterocycles. The lowest BCUT2D eigenvalue weighted by Crippen LogP contribution is -2.23. The first-order valence-corrected chi connectivity index (χ1v) is 9.02. The van der Waals surface area contributed by atoms with Crippen molar-refractivity contribution in [2.24, 2.45) is 0 Å². The molecular weight excluding hydrogens is 356 g/mol. The quantitative estimate of drug-likeness (QED) is 0.660. The van der Waals surface area contributed by atoms with Gasteiger partial charge in [-0.3, -0.25) is 14.8 Å². The van der Waals surface area contributed by atoms with Crippen LogP contribution < -0.4 is 10.6 Å². The van der Waals surface area contributed by atoms with Gasteiger partial charge in [0.05, 0.1) is 13.2 Å². The summed E-state index contributed by atoms with van der Waals surface area (Å²) in [5.41, 5.74) is 3.21. The third kappa shape index (κ3) is 5.20. The summed E-state index contributed by atoms with van der Waals surface area (Å²) in [5.74, 6) is -0.184. The fourth-order valence-electron chi connectivity index (χ4n) is 2.72. The maximum Gasteiger partial charge on any atom is 0.411 e. The number of hydrogen-bond acceptors (Lipinski definition) is 4. The number of benzene rings is 2. The lowest BCUT2D eigenvalue weighted by Gasteiger charge is -2.11. The van der Waals surface area contributed by atoms with E-state index >= 15 is 0 Å². The second kappa shape index (κ2) is 9.36. The minimum Gasteiger partial charge on any atom is -0.450 e. The molecule has 2 N–H and O–H groups in total. The summed E-state index contributed by atoms with van der Waals surface area (Å²) >= 11 is 0. The summed E-state index contributed by atoms with van der Waals surface area (Å²) in [4.78, 5) is 23.9. The number of anilines is 1. The van der Waals surface area contributed by atoms with Crippen LogP contribution in [0.2, 0.25) is 0 Å². The Morgan fingerprint density at radius 1 is 1.04 bits per heavy atom. The Balaban J connectivity index is 1.59. The number of aromatic nitrogens is 2. The van der Waals surface area contributed by atoms with Crippen LogP contribution in [0, 0.1) is 0 Å². The SMILES string of the molecule is CCOC(=O)Nc1ccc(C(=O)NCc2ccccc2Cn2cccn2)cc1. The van der Waals surface area contributed by atoms with Gasteiger partial charge in [0.2, 0.25) is 0 Å². The van der Waals surface area contributed by atoms with Crippen molar-refractivity contribution in [2.75, 3.05) is 11.9 Å². The van der Waals surface area contributed by atoms with E-state index in [4.69, 9.17) is 4.74 Å². The molecule has 0 aliphatic carbocycles. The van der Waals surface area contributed by atoms with Crippen LogP contribution in [0.1, 0.15) is 28.4 Å². The van der Waals surface area contributed by atoms with Crippen LogP contribution in [0.25, 0.3) is 0 Å². The Morgan fingerprint density at radius 3 is 2.46 bits per heavy atom. The van der Waals surface area contributed by atoms with E-state index in [1.165, 1.54) is 0 Å². The van der Waals surface area contributed by atoms with E-state index < -0.39 is 6.09 Å². The number of carbonyl (C=O) groups excluding carboxylic acids is 2. The second-order valence-electron chi connectivity index (χ2n) is 6.08. The van der Waals surface area contributed by atoms with Crippen molar-refractivity contribution in [1.82, 2.24) is 15.1 Å². The smallest absolute Gasteiger partial charge is 0.411 e. The maximum atomic E-state index is 12.4. The van der Waals surface area contributed by atoms with E-state index in [1.807, 2.05) is 41.2 Å². The molecule has 0 unspecified atom stereocenters. The van der Waals surface area contributed by atoms with Gasteiger partial charge in [-0.05, 0) is 48.4 Å². The summed E-state index contributed by atoms with van der Waals surface area (Å²) < 4.78 is 6.67. The van der Waals surface area contributed by atoms with Crippen LogP contribution in [0.4, 0.5) is 10.5 Å². The van der Waals surface area contributed by atoms with Crippen molar-refractivity contribution in [3.8, 4) is 0 Å². The van der Waals surface area contributed by atoms with E-state index in [9.17, 15) is 9.59 Å². The Labute approximate surface area is 163 Å². The molecule has 28 heavy (non-hydrogen) atoms. The Morgan fingerprint density at radius 2 is 1.79 bits per heavy atom. The predicted octanol–water partition coefficient (Wildman–Crippen LogP) is 3.43. The monoisotopic (exact) mass is 378 g/mol. The van der Waals surface area contributed by atoms with Gasteiger partial charge in [0.25, 0.3) is 5.91 Å². The highest BCUT2D eigenvalue weighted by Crippen LogP contribution is 2.12. The van der Waals surface area contributed by atoms with Crippen molar-refractivity contribution in [1.29, 1.82) is 0 Å². The molecule has 0 atom stereocenters. The minimum atomic E-state index is -0.520. The molecule has 0 aliphatic heterocycles. The van der Waals surface area contributed by atoms with Crippen molar-refractivity contribution < 1.29 is 14.3 Å². The largest absolute Gasteiger partial charge is 0.450 e. The lowest BCUT2D eigenvalue weighted by molar-refractivity contribution is 0.0951. The highest BCUT2D eigenvalue weighted by Gasteiger charge is 2.09. The van der Waals surface area contributed by atoms with Gasteiger partial charge < -0.3 is 10.1 Å². The molecule has 1 heterocycles. The van der Waals surface area contributed by atoms with Crippen LogP contribution in [-0.4, -0.2) is 28.4 Å². The average Bonchev–Trinajstić information content (AvgIpc) is 3.21. The molecule has 0 spiro atoms. The maximum absolute atomic E-state index is 12.4. The van der Waals surface area contributed by atoms with Gasteiger partial charge in [-0.1, -0.05) is 24.3 Å². The van der Waals surface area contributed by atoms with E-state index in [0.717, 1.165) is 11.1 Å². The van der Waals surface area contributed by atoms with Gasteiger partial charge in [-0.2, -0.15) is 5.10 Å². The molecule has 144 valence electrons. The zero-order valence-corrected chi connectivity index (χ0v) is 15.6. The number of nitrogens with one attached hydrogen (secondary N) is 2. The van der Waals surface area contributed by atoms with Crippen LogP contribution >= 0.6 is 0 Å². The van der Waals surface area contributed by atoms with Crippen molar-refractivity contribution in [3.05, 3.63) is 83.7 Å². The summed E-state index contributed by atoms with van der Waals surface area (Å²) in [6.45, 7) is 3.10. The zero-order chi connectivity index (χ0) is 19.8. The Hall–Kier alpha value is -3.61. The predicted molar refractivity (Wildman–Crippen MR) is 106 cm³/mol. The molecule has 7 nitrogen and oxygen atoms in total. The van der Waals surface area contributed by atoms with Crippen molar-refractivity contribution in [3.63, 3.8) is 0 Å². The molecule has 0 fully saturated rings. The van der Waals surface area contributed by atoms with Gasteiger partial charge in [0, 0.05) is 30.2 Å². The summed E-state index contributed by atoms with van der Waals surface area (Å²) in [6, 6.07) is 16.5. The molecule has 2 aromatic carbocycles. The third-order valence-electron chi connectivity index (χ3n) is 4.12. The first-order valence-electron chi connectivity index (χ1n) is 9.02. The van der Waals surface area contributed by atoms with Gasteiger partial charge in [0.15, 0.2) is 0 Å². The number of amides is 2. The molecule has 0 saturated heterocycles. The third-order valence-corrected chi connectivity index (χ3v) is 4.12. The molecule has 3 aromatic rings. The molecule has 0 bridgehead atoms. The van der Waals surface area contributed by atoms with Crippen LogP contribution in [0.3, 0.4) is 0 Å². The van der Waals surface area contributed by atoms with Crippen molar-refractivity contribution >= 4 is 17.7 Å². The highest BCUT2D eigenvalue weighted by atomic mass is 16.5. The number of rotatable bonds is 7. The summed E-state index contributed by atoms with van der Waals surface area (Å²) in [7, 11) is 0. The molecule has 7 heteroatoms. The molecule has 0 aliphatic rings. The first-order chi connectivity index (χ1) is 13.7. The normalized spacial score (nSPS) is 10.3. The summed E-state index contributed by atoms with van der Waals surface area (Å²) in [6.07, 6.45) is 3.13. The zero-order valence-electron chi connectivity index (χ0n) is 15.6. The van der Waals surface area contributed by atoms with Gasteiger partial charge in [-0.15, -0.1) is 0 Å². The Kier molecular flexibility index (Phi) is 6.41. The van der Waals surface area contributed by atoms with E-state index in [1.54, 1.807) is 37.4 Å². The molecule has 0 saturated carbocycles. The van der Waals surface area contributed by atoms with Gasteiger partial charge in [-0.25, -0.2) is 4.79 Å². The second-order valence-corrected chi connectivity index (χ2v) is 6.08. The fourth-order valence-corrected chi connectivity index (χ4v) is 2.72. The van der Waals surface area contributed by atoms with E-state index in [2.05, 4.69) is 15.7 Å². The molecular formula is C21H22N4O3. The number of ether oxygens (including phenoxy) is 1. The van der Waals surface area contributed by atoms with Gasteiger partial charge in [0.1, 0.15) is 0 Å². The highest BCUT2D eigenvalue weighted by molar-refractivity contribution is 5.95. The summed E-state index contributed by atoms with van der Waals surface area (Å²) in [5, 5.41) is 9.76. The minimum absolute atomic E-state index is 0.184. The average molecular weight is 378 g/mol. The van der Waals surface area contributed by atoms with Crippen molar-refractivity contribution in [2.45, 2.75) is 20.0 Å². The molecule has 3 rings (SSSR count). The van der Waals surface area contributed by atoms with Crippen LogP contribution in [-0.2, 0) is 17.8 Å². The standard InChI is InChI=1S/C21H22N4O3/c1-2-28-21(27)24-19-10-8-16(9-11-19)20(26)22-14-17-6-3-4-7-18(17)15-25-13-5-12-23-25/h3-13H,2,14-15H2,1H3,(H,22,26)(H,24,27). The van der Waals surface area contributed by atoms with Gasteiger partial charge >= 0.3 is 6.09 Å². The van der Waals surface area contributed by atoms with E-state index in [0.29, 0.717) is 30.9 Å². The van der Waals surface area contributed by atoms with Crippen LogP contribution in [0.5, 0.6) is 0 Å². The molecule has 0 radical (unpaired) electrons. The van der Waals surface area contributed by atoms with Crippen LogP contribution in [0.15, 0.2) is 67.0 Å². The Bertz CT molecular complexity index is 921. The number of nitrogens with zero attached hydrogens (tertiary/aromatic N) is 2. The molecule has 2 amide bonds. The van der Waals surface area contributed by atoms with E-state index in [-0.39, 0.29) is 5.91 Å².